The van der Waals surface area contributed by atoms with Crippen LogP contribution in [0.1, 0.15) is 35.3 Å². The molecule has 1 aromatic rings. The maximum absolute atomic E-state index is 12.5. The van der Waals surface area contributed by atoms with Crippen molar-refractivity contribution in [1.29, 1.82) is 0 Å². The highest BCUT2D eigenvalue weighted by atomic mass is 16.5. The van der Waals surface area contributed by atoms with E-state index >= 15 is 0 Å². The molecule has 20 heavy (non-hydrogen) atoms. The average Bonchev–Trinajstić information content (AvgIpc) is 2.45. The third kappa shape index (κ3) is 3.83. The zero-order valence-electron chi connectivity index (χ0n) is 12.9. The third-order valence-electron chi connectivity index (χ3n) is 3.52. The minimum Gasteiger partial charge on any atom is -0.469 e. The smallest absolute Gasteiger partial charge is 0.310 e. The molecule has 0 heterocycles. The molecule has 4 nitrogen and oxygen atoms in total. The first kappa shape index (κ1) is 16.2. The van der Waals surface area contributed by atoms with Crippen LogP contribution in [0.15, 0.2) is 18.2 Å². The van der Waals surface area contributed by atoms with E-state index in [1.807, 2.05) is 39.0 Å². The Balaban J connectivity index is 2.86. The summed E-state index contributed by atoms with van der Waals surface area (Å²) in [7, 11) is 1.36. The molecule has 1 rings (SSSR count). The average molecular weight is 277 g/mol. The minimum absolute atomic E-state index is 0.0497. The molecule has 0 N–H and O–H groups in total. The van der Waals surface area contributed by atoms with Gasteiger partial charge in [-0.2, -0.15) is 0 Å². The Morgan fingerprint density at radius 2 is 1.90 bits per heavy atom. The number of methoxy groups -OCH3 is 1. The Morgan fingerprint density at radius 1 is 1.25 bits per heavy atom. The van der Waals surface area contributed by atoms with Crippen LogP contribution in [0.5, 0.6) is 0 Å². The number of ether oxygens (including phenoxy) is 1. The Morgan fingerprint density at radius 3 is 2.40 bits per heavy atom. The summed E-state index contributed by atoms with van der Waals surface area (Å²) in [4.78, 5) is 25.6. The molecular formula is C16H23NO3. The number of carbonyl (C=O) groups is 2. The van der Waals surface area contributed by atoms with Crippen molar-refractivity contribution in [3.63, 3.8) is 0 Å². The van der Waals surface area contributed by atoms with Crippen molar-refractivity contribution < 1.29 is 14.3 Å². The van der Waals surface area contributed by atoms with Gasteiger partial charge in [-0.1, -0.05) is 13.0 Å². The number of carbonyl (C=O) groups excluding carboxylic acids is 2. The monoisotopic (exact) mass is 277 g/mol. The predicted octanol–water partition coefficient (Wildman–Crippen LogP) is 2.57. The van der Waals surface area contributed by atoms with Crippen molar-refractivity contribution in [2.45, 2.75) is 27.7 Å². The molecule has 1 unspecified atom stereocenters. The number of hydrogen-bond acceptors (Lipinski definition) is 3. The molecule has 0 aromatic heterocycles. The number of amides is 1. The van der Waals surface area contributed by atoms with E-state index < -0.39 is 0 Å². The van der Waals surface area contributed by atoms with E-state index in [2.05, 4.69) is 0 Å². The maximum atomic E-state index is 12.5. The molecule has 0 spiro atoms. The molecule has 1 aromatic carbocycles. The summed E-state index contributed by atoms with van der Waals surface area (Å²) in [6.07, 6.45) is 0. The summed E-state index contributed by atoms with van der Waals surface area (Å²) in [5.74, 6) is -0.668. The Hall–Kier alpha value is -1.84. The van der Waals surface area contributed by atoms with Gasteiger partial charge in [-0.05, 0) is 44.0 Å². The van der Waals surface area contributed by atoms with Crippen LogP contribution >= 0.6 is 0 Å². The summed E-state index contributed by atoms with van der Waals surface area (Å²) < 4.78 is 4.70. The quantitative estimate of drug-likeness (QED) is 0.777. The normalized spacial score (nSPS) is 11.8. The summed E-state index contributed by atoms with van der Waals surface area (Å²) in [6, 6.07) is 5.67. The lowest BCUT2D eigenvalue weighted by molar-refractivity contribution is -0.145. The molecule has 0 bridgehead atoms. The lowest BCUT2D eigenvalue weighted by atomic mass is 10.0. The van der Waals surface area contributed by atoms with Crippen LogP contribution in [0.2, 0.25) is 0 Å². The Bertz CT molecular complexity index is 496. The van der Waals surface area contributed by atoms with Gasteiger partial charge < -0.3 is 9.64 Å². The largest absolute Gasteiger partial charge is 0.469 e. The number of aryl methyl sites for hydroxylation is 2. The molecule has 110 valence electrons. The second kappa shape index (κ2) is 7.08. The van der Waals surface area contributed by atoms with E-state index in [-0.39, 0.29) is 17.8 Å². The van der Waals surface area contributed by atoms with Crippen LogP contribution in [0.3, 0.4) is 0 Å². The molecule has 0 aliphatic rings. The molecule has 1 atom stereocenters. The minimum atomic E-state index is -0.324. The van der Waals surface area contributed by atoms with E-state index in [0.717, 1.165) is 11.1 Å². The lowest BCUT2D eigenvalue weighted by Crippen LogP contribution is -2.37. The molecule has 0 radical (unpaired) electrons. The second-order valence-corrected chi connectivity index (χ2v) is 5.07. The van der Waals surface area contributed by atoms with Crippen LogP contribution in [-0.2, 0) is 9.53 Å². The van der Waals surface area contributed by atoms with Crippen molar-refractivity contribution in [2.24, 2.45) is 5.92 Å². The third-order valence-corrected chi connectivity index (χ3v) is 3.52. The van der Waals surface area contributed by atoms with Gasteiger partial charge >= 0.3 is 5.97 Å². The van der Waals surface area contributed by atoms with Gasteiger partial charge in [-0.25, -0.2) is 0 Å². The van der Waals surface area contributed by atoms with Gasteiger partial charge in [-0.15, -0.1) is 0 Å². The molecule has 0 saturated heterocycles. The maximum Gasteiger partial charge on any atom is 0.310 e. The second-order valence-electron chi connectivity index (χ2n) is 5.07. The molecule has 1 amide bonds. The van der Waals surface area contributed by atoms with E-state index in [0.29, 0.717) is 18.7 Å². The van der Waals surface area contributed by atoms with Crippen LogP contribution in [0.25, 0.3) is 0 Å². The van der Waals surface area contributed by atoms with Gasteiger partial charge in [0.15, 0.2) is 0 Å². The Kier molecular flexibility index (Phi) is 5.74. The van der Waals surface area contributed by atoms with Crippen LogP contribution in [0.4, 0.5) is 0 Å². The van der Waals surface area contributed by atoms with Crippen molar-refractivity contribution in [3.8, 4) is 0 Å². The summed E-state index contributed by atoms with van der Waals surface area (Å²) in [5, 5.41) is 0. The van der Waals surface area contributed by atoms with E-state index in [1.54, 1.807) is 11.8 Å². The summed E-state index contributed by atoms with van der Waals surface area (Å²) >= 11 is 0. The highest BCUT2D eigenvalue weighted by Crippen LogP contribution is 2.13. The molecule has 4 heteroatoms. The highest BCUT2D eigenvalue weighted by Gasteiger charge is 2.21. The van der Waals surface area contributed by atoms with Crippen molar-refractivity contribution >= 4 is 11.9 Å². The lowest BCUT2D eigenvalue weighted by Gasteiger charge is -2.24. The van der Waals surface area contributed by atoms with Gasteiger partial charge in [0.1, 0.15) is 0 Å². The summed E-state index contributed by atoms with van der Waals surface area (Å²) in [6.45, 7) is 8.60. The van der Waals surface area contributed by atoms with Gasteiger partial charge in [0.05, 0.1) is 13.0 Å². The highest BCUT2D eigenvalue weighted by molar-refractivity contribution is 5.94. The standard InChI is InChI=1S/C16H23NO3/c1-6-17(10-13(4)16(19)20-5)15(18)14-8-7-11(2)12(3)9-14/h7-9,13H,6,10H2,1-5H3. The molecule has 0 fully saturated rings. The zero-order chi connectivity index (χ0) is 15.3. The van der Waals surface area contributed by atoms with E-state index in [1.165, 1.54) is 7.11 Å². The predicted molar refractivity (Wildman–Crippen MR) is 78.7 cm³/mol. The number of esters is 1. The zero-order valence-corrected chi connectivity index (χ0v) is 12.9. The number of nitrogens with zero attached hydrogens (tertiary/aromatic N) is 1. The van der Waals surface area contributed by atoms with Gasteiger partial charge in [-0.3, -0.25) is 9.59 Å². The molecule has 0 aliphatic heterocycles. The van der Waals surface area contributed by atoms with E-state index in [9.17, 15) is 9.59 Å². The van der Waals surface area contributed by atoms with E-state index in [4.69, 9.17) is 4.74 Å². The van der Waals surface area contributed by atoms with Gasteiger partial charge in [0.2, 0.25) is 0 Å². The first-order valence-corrected chi connectivity index (χ1v) is 6.85. The first-order chi connectivity index (χ1) is 9.40. The number of benzene rings is 1. The number of hydrogen-bond donors (Lipinski definition) is 0. The molecule has 0 saturated carbocycles. The fraction of sp³-hybridized carbons (Fsp3) is 0.500. The van der Waals surface area contributed by atoms with Crippen molar-refractivity contribution in [3.05, 3.63) is 34.9 Å². The van der Waals surface area contributed by atoms with Gasteiger partial charge in [0.25, 0.3) is 5.91 Å². The summed E-state index contributed by atoms with van der Waals surface area (Å²) in [5.41, 5.74) is 2.91. The topological polar surface area (TPSA) is 46.6 Å². The van der Waals surface area contributed by atoms with Crippen LogP contribution in [0, 0.1) is 19.8 Å². The van der Waals surface area contributed by atoms with Crippen LogP contribution in [-0.4, -0.2) is 37.0 Å². The van der Waals surface area contributed by atoms with Crippen molar-refractivity contribution in [1.82, 2.24) is 4.90 Å². The molecular weight excluding hydrogens is 254 g/mol. The van der Waals surface area contributed by atoms with Crippen LogP contribution < -0.4 is 0 Å². The SMILES string of the molecule is CCN(CC(C)C(=O)OC)C(=O)c1ccc(C)c(C)c1. The fourth-order valence-electron chi connectivity index (χ4n) is 2.02. The molecule has 0 aliphatic carbocycles. The number of rotatable bonds is 5. The van der Waals surface area contributed by atoms with Crippen molar-refractivity contribution in [2.75, 3.05) is 20.2 Å². The fourth-order valence-corrected chi connectivity index (χ4v) is 2.02. The van der Waals surface area contributed by atoms with Gasteiger partial charge in [0, 0.05) is 18.7 Å². The first-order valence-electron chi connectivity index (χ1n) is 6.85. The Labute approximate surface area is 120 Å².